The van der Waals surface area contributed by atoms with Gasteiger partial charge in [0.1, 0.15) is 0 Å². The van der Waals surface area contributed by atoms with Gasteiger partial charge in [0, 0.05) is 23.4 Å². The van der Waals surface area contributed by atoms with Gasteiger partial charge >= 0.3 is 0 Å². The fourth-order valence-corrected chi connectivity index (χ4v) is 7.64. The average molecular weight is 586 g/mol. The van der Waals surface area contributed by atoms with Crippen LogP contribution in [0.3, 0.4) is 0 Å². The second-order valence-electron chi connectivity index (χ2n) is 15.2. The Hall–Kier alpha value is -2.23. The largest absolute Gasteiger partial charge is 0.413 e. The summed E-state index contributed by atoms with van der Waals surface area (Å²) < 4.78 is 7.00. The van der Waals surface area contributed by atoms with Gasteiger partial charge in [0.2, 0.25) is 0 Å². The molecule has 2 aromatic carbocycles. The molecule has 1 unspecified atom stereocenters. The Morgan fingerprint density at radius 2 is 1.38 bits per heavy atom. The monoisotopic (exact) mass is 585 g/mol. The van der Waals surface area contributed by atoms with Crippen LogP contribution in [0.15, 0.2) is 54.9 Å². The molecule has 0 fully saturated rings. The van der Waals surface area contributed by atoms with Crippen molar-refractivity contribution >= 4 is 8.32 Å². The van der Waals surface area contributed by atoms with Gasteiger partial charge in [-0.1, -0.05) is 98.7 Å². The van der Waals surface area contributed by atoms with Crippen molar-refractivity contribution in [3.05, 3.63) is 88.2 Å². The van der Waals surface area contributed by atoms with Crippen molar-refractivity contribution in [2.75, 3.05) is 0 Å². The zero-order chi connectivity index (χ0) is 31.5. The van der Waals surface area contributed by atoms with E-state index in [4.69, 9.17) is 4.43 Å². The first-order chi connectivity index (χ1) is 19.5. The van der Waals surface area contributed by atoms with E-state index in [0.29, 0.717) is 0 Å². The van der Waals surface area contributed by atoms with Crippen LogP contribution in [0.5, 0.6) is 0 Å². The van der Waals surface area contributed by atoms with E-state index in [-0.39, 0.29) is 22.0 Å². The maximum absolute atomic E-state index is 7.00. The van der Waals surface area contributed by atoms with E-state index in [1.807, 2.05) is 12.4 Å². The third-order valence-electron chi connectivity index (χ3n) is 10.3. The molecule has 0 N–H and O–H groups in total. The van der Waals surface area contributed by atoms with E-state index in [2.05, 4.69) is 137 Å². The minimum Gasteiger partial charge on any atom is -0.413 e. The molecule has 0 bridgehead atoms. The first-order valence-corrected chi connectivity index (χ1v) is 19.2. The van der Waals surface area contributed by atoms with Gasteiger partial charge in [-0.2, -0.15) is 0 Å². The molecule has 0 amide bonds. The smallest absolute Gasteiger partial charge is 0.192 e. The Balaban J connectivity index is 1.90. The Bertz CT molecular complexity index is 1340. The van der Waals surface area contributed by atoms with Crippen molar-refractivity contribution in [2.24, 2.45) is 5.41 Å². The summed E-state index contributed by atoms with van der Waals surface area (Å²) in [6.45, 7) is 30.2. The van der Waals surface area contributed by atoms with E-state index in [1.54, 1.807) is 0 Å². The molecule has 0 aliphatic carbocycles. The van der Waals surface area contributed by atoms with Crippen molar-refractivity contribution in [3.8, 4) is 11.1 Å². The molecule has 0 aliphatic heterocycles. The molecule has 2 nitrogen and oxygen atoms in total. The first-order valence-electron chi connectivity index (χ1n) is 16.3. The number of benzene rings is 2. The van der Waals surface area contributed by atoms with Crippen molar-refractivity contribution in [2.45, 2.75) is 138 Å². The number of pyridine rings is 1. The summed E-state index contributed by atoms with van der Waals surface area (Å²) in [4.78, 5) is 4.50. The second kappa shape index (κ2) is 13.2. The average Bonchev–Trinajstić information content (AvgIpc) is 2.91. The highest BCUT2D eigenvalue weighted by Gasteiger charge is 2.41. The van der Waals surface area contributed by atoms with E-state index < -0.39 is 8.32 Å². The lowest BCUT2D eigenvalue weighted by Crippen LogP contribution is -2.47. The van der Waals surface area contributed by atoms with Crippen LogP contribution in [-0.2, 0) is 22.7 Å². The maximum atomic E-state index is 7.00. The van der Waals surface area contributed by atoms with Gasteiger partial charge in [-0.3, -0.25) is 4.98 Å². The first kappa shape index (κ1) is 34.3. The number of aryl methyl sites for hydroxylation is 4. The third-order valence-corrected chi connectivity index (χ3v) is 14.8. The SMILES string of the molecule is CCc1cncc(-c2ccc(C(CC)(CC)c3ccc(CCC(O[Si](C)(C)C(C)(C)C)C(C)(C)C)c(C)c3)cc2C)c1. The molecule has 42 heavy (non-hydrogen) atoms. The Kier molecular flexibility index (Phi) is 10.8. The molecule has 0 spiro atoms. The summed E-state index contributed by atoms with van der Waals surface area (Å²) in [6.07, 6.45) is 9.46. The lowest BCUT2D eigenvalue weighted by atomic mass is 9.69. The van der Waals surface area contributed by atoms with E-state index in [9.17, 15) is 0 Å². The van der Waals surface area contributed by atoms with E-state index in [0.717, 1.165) is 32.1 Å². The molecule has 0 radical (unpaired) electrons. The molecular weight excluding hydrogens is 527 g/mol. The summed E-state index contributed by atoms with van der Waals surface area (Å²) in [5.41, 5.74) is 10.9. The van der Waals surface area contributed by atoms with Crippen LogP contribution in [-0.4, -0.2) is 19.4 Å². The van der Waals surface area contributed by atoms with Crippen LogP contribution in [0.25, 0.3) is 11.1 Å². The molecule has 0 saturated heterocycles. The van der Waals surface area contributed by atoms with Gasteiger partial charge < -0.3 is 4.43 Å². The second-order valence-corrected chi connectivity index (χ2v) is 19.9. The normalized spacial score (nSPS) is 13.8. The van der Waals surface area contributed by atoms with Crippen LogP contribution in [0.4, 0.5) is 0 Å². The molecule has 0 aliphatic rings. The highest BCUT2D eigenvalue weighted by atomic mass is 28.4. The Morgan fingerprint density at radius 1 is 0.786 bits per heavy atom. The molecule has 0 saturated carbocycles. The van der Waals surface area contributed by atoms with Gasteiger partial charge in [0.25, 0.3) is 0 Å². The summed E-state index contributed by atoms with van der Waals surface area (Å²) >= 11 is 0. The van der Waals surface area contributed by atoms with Crippen molar-refractivity contribution < 1.29 is 4.43 Å². The molecule has 1 atom stereocenters. The number of rotatable bonds is 11. The highest BCUT2D eigenvalue weighted by molar-refractivity contribution is 6.74. The minimum absolute atomic E-state index is 0.00448. The van der Waals surface area contributed by atoms with Crippen molar-refractivity contribution in [3.63, 3.8) is 0 Å². The lowest BCUT2D eigenvalue weighted by Gasteiger charge is -2.43. The lowest BCUT2D eigenvalue weighted by molar-refractivity contribution is 0.0657. The zero-order valence-corrected chi connectivity index (χ0v) is 30.2. The van der Waals surface area contributed by atoms with Gasteiger partial charge in [-0.05, 0) is 115 Å². The molecule has 1 aromatic heterocycles. The van der Waals surface area contributed by atoms with Crippen LogP contribution in [0.2, 0.25) is 18.1 Å². The highest BCUT2D eigenvalue weighted by Crippen LogP contribution is 2.43. The Labute approximate surface area is 259 Å². The van der Waals surface area contributed by atoms with E-state index >= 15 is 0 Å². The molecule has 3 heteroatoms. The van der Waals surface area contributed by atoms with Crippen molar-refractivity contribution in [1.29, 1.82) is 0 Å². The van der Waals surface area contributed by atoms with Crippen LogP contribution in [0, 0.1) is 19.3 Å². The quantitative estimate of drug-likeness (QED) is 0.209. The summed E-state index contributed by atoms with van der Waals surface area (Å²) in [5.74, 6) is 0. The number of aromatic nitrogens is 1. The Morgan fingerprint density at radius 3 is 1.88 bits per heavy atom. The van der Waals surface area contributed by atoms with Gasteiger partial charge in [-0.25, -0.2) is 0 Å². The van der Waals surface area contributed by atoms with E-state index in [1.165, 1.54) is 44.5 Å². The topological polar surface area (TPSA) is 22.1 Å². The zero-order valence-electron chi connectivity index (χ0n) is 29.2. The third kappa shape index (κ3) is 7.45. The molecule has 230 valence electrons. The minimum atomic E-state index is -1.85. The van der Waals surface area contributed by atoms with Crippen LogP contribution in [0.1, 0.15) is 115 Å². The van der Waals surface area contributed by atoms with Crippen LogP contribution < -0.4 is 0 Å². The number of hydrogen-bond acceptors (Lipinski definition) is 2. The standard InChI is InChI=1S/C39H59NOSi/c1-14-30-25-32(27-40-26-30)35-21-20-34(24-29(35)5)39(15-2,16-3)33-19-17-31(28(4)23-33)18-22-36(37(6,7)8)41-42(12,13)38(9,10)11/h17,19-21,23-27,36H,14-16,18,22H2,1-13H3. The molecule has 3 rings (SSSR count). The summed E-state index contributed by atoms with van der Waals surface area (Å²) in [6, 6.07) is 16.7. The fourth-order valence-electron chi connectivity index (χ4n) is 6.11. The predicted octanol–water partition coefficient (Wildman–Crippen LogP) is 11.4. The number of nitrogens with zero attached hydrogens (tertiary/aromatic N) is 1. The van der Waals surface area contributed by atoms with Crippen LogP contribution >= 0.6 is 0 Å². The summed E-state index contributed by atoms with van der Waals surface area (Å²) in [7, 11) is -1.85. The van der Waals surface area contributed by atoms with Gasteiger partial charge in [0.05, 0.1) is 6.10 Å². The molecular formula is C39H59NOSi. The predicted molar refractivity (Wildman–Crippen MR) is 186 cm³/mol. The fraction of sp³-hybridized carbons (Fsp3) is 0.564. The van der Waals surface area contributed by atoms with Crippen molar-refractivity contribution in [1.82, 2.24) is 4.98 Å². The summed E-state index contributed by atoms with van der Waals surface area (Å²) in [5, 5.41) is 0.213. The maximum Gasteiger partial charge on any atom is 0.192 e. The molecule has 1 heterocycles. The number of hydrogen-bond donors (Lipinski definition) is 0. The van der Waals surface area contributed by atoms with Gasteiger partial charge in [0.15, 0.2) is 8.32 Å². The molecule has 3 aromatic rings. The van der Waals surface area contributed by atoms with Gasteiger partial charge in [-0.15, -0.1) is 0 Å².